The summed E-state index contributed by atoms with van der Waals surface area (Å²) in [5.74, 6) is 1.46. The predicted octanol–water partition coefficient (Wildman–Crippen LogP) is 4.38. The summed E-state index contributed by atoms with van der Waals surface area (Å²) < 4.78 is 11.6. The Labute approximate surface area is 132 Å². The van der Waals surface area contributed by atoms with Crippen molar-refractivity contribution in [2.45, 2.75) is 19.5 Å². The standard InChI is InChI=1S/C15H18BrNO2S/c1-10(12-4-5-20-9-12)17-8-11-6-13(16)15(19-3)14(7-11)18-2/h4-7,9-10,17H,8H2,1-3H3. The molecule has 0 aliphatic carbocycles. The summed E-state index contributed by atoms with van der Waals surface area (Å²) in [4.78, 5) is 0. The lowest BCUT2D eigenvalue weighted by molar-refractivity contribution is 0.352. The Hall–Kier alpha value is -1.04. The van der Waals surface area contributed by atoms with E-state index in [0.717, 1.165) is 28.1 Å². The van der Waals surface area contributed by atoms with Gasteiger partial charge in [-0.25, -0.2) is 0 Å². The highest BCUT2D eigenvalue weighted by Gasteiger charge is 2.11. The van der Waals surface area contributed by atoms with E-state index in [1.165, 1.54) is 5.56 Å². The summed E-state index contributed by atoms with van der Waals surface area (Å²) >= 11 is 5.23. The maximum absolute atomic E-state index is 5.36. The van der Waals surface area contributed by atoms with E-state index in [0.29, 0.717) is 6.04 Å². The van der Waals surface area contributed by atoms with Crippen molar-refractivity contribution in [2.24, 2.45) is 0 Å². The van der Waals surface area contributed by atoms with Crippen molar-refractivity contribution < 1.29 is 9.47 Å². The Kier molecular flexibility index (Phi) is 5.46. The summed E-state index contributed by atoms with van der Waals surface area (Å²) in [6.07, 6.45) is 0. The van der Waals surface area contributed by atoms with Crippen LogP contribution in [-0.2, 0) is 6.54 Å². The van der Waals surface area contributed by atoms with Gasteiger partial charge >= 0.3 is 0 Å². The summed E-state index contributed by atoms with van der Waals surface area (Å²) in [7, 11) is 3.29. The second-order valence-corrected chi connectivity index (χ2v) is 6.11. The van der Waals surface area contributed by atoms with E-state index in [9.17, 15) is 0 Å². The van der Waals surface area contributed by atoms with Crippen molar-refractivity contribution in [3.05, 3.63) is 44.6 Å². The zero-order valence-electron chi connectivity index (χ0n) is 11.8. The summed E-state index contributed by atoms with van der Waals surface area (Å²) in [6.45, 7) is 2.94. The zero-order valence-corrected chi connectivity index (χ0v) is 14.2. The van der Waals surface area contributed by atoms with Gasteiger partial charge in [-0.15, -0.1) is 0 Å². The lowest BCUT2D eigenvalue weighted by Gasteiger charge is -2.15. The van der Waals surface area contributed by atoms with Gasteiger partial charge in [-0.05, 0) is 62.9 Å². The van der Waals surface area contributed by atoms with Gasteiger partial charge in [0.15, 0.2) is 11.5 Å². The number of hydrogen-bond donors (Lipinski definition) is 1. The van der Waals surface area contributed by atoms with E-state index in [1.54, 1.807) is 25.6 Å². The van der Waals surface area contributed by atoms with Crippen molar-refractivity contribution in [2.75, 3.05) is 14.2 Å². The van der Waals surface area contributed by atoms with Crippen LogP contribution in [0.5, 0.6) is 11.5 Å². The molecular weight excluding hydrogens is 338 g/mol. The van der Waals surface area contributed by atoms with E-state index >= 15 is 0 Å². The summed E-state index contributed by atoms with van der Waals surface area (Å²) in [6, 6.07) is 6.52. The molecule has 1 aromatic carbocycles. The molecule has 1 heterocycles. The molecule has 0 saturated heterocycles. The van der Waals surface area contributed by atoms with Gasteiger partial charge in [0.2, 0.25) is 0 Å². The molecule has 1 N–H and O–H groups in total. The molecule has 0 aliphatic rings. The van der Waals surface area contributed by atoms with Gasteiger partial charge in [-0.2, -0.15) is 11.3 Å². The number of ether oxygens (including phenoxy) is 2. The second kappa shape index (κ2) is 7.11. The minimum Gasteiger partial charge on any atom is -0.493 e. The van der Waals surface area contributed by atoms with Gasteiger partial charge in [0.25, 0.3) is 0 Å². The highest BCUT2D eigenvalue weighted by atomic mass is 79.9. The van der Waals surface area contributed by atoms with Crippen molar-refractivity contribution in [1.82, 2.24) is 5.32 Å². The monoisotopic (exact) mass is 355 g/mol. The second-order valence-electron chi connectivity index (χ2n) is 4.47. The average Bonchev–Trinajstić information content (AvgIpc) is 2.98. The molecule has 2 aromatic rings. The van der Waals surface area contributed by atoms with Crippen LogP contribution < -0.4 is 14.8 Å². The molecule has 1 atom stereocenters. The smallest absolute Gasteiger partial charge is 0.174 e. The maximum Gasteiger partial charge on any atom is 0.174 e. The third kappa shape index (κ3) is 3.53. The fourth-order valence-electron chi connectivity index (χ4n) is 1.98. The normalized spacial score (nSPS) is 12.2. The van der Waals surface area contributed by atoms with Crippen molar-refractivity contribution in [3.8, 4) is 11.5 Å². The topological polar surface area (TPSA) is 30.5 Å². The van der Waals surface area contributed by atoms with Gasteiger partial charge in [-0.3, -0.25) is 0 Å². The molecule has 1 unspecified atom stereocenters. The Bertz CT molecular complexity index is 557. The zero-order chi connectivity index (χ0) is 14.5. The number of benzene rings is 1. The number of methoxy groups -OCH3 is 2. The number of nitrogens with one attached hydrogen (secondary N) is 1. The van der Waals surface area contributed by atoms with Crippen LogP contribution in [0.15, 0.2) is 33.4 Å². The van der Waals surface area contributed by atoms with Gasteiger partial charge in [-0.1, -0.05) is 0 Å². The molecule has 2 rings (SSSR count). The molecule has 0 aliphatic heterocycles. The van der Waals surface area contributed by atoms with Crippen molar-refractivity contribution >= 4 is 27.3 Å². The molecule has 0 spiro atoms. The highest BCUT2D eigenvalue weighted by molar-refractivity contribution is 9.10. The molecule has 1 aromatic heterocycles. The van der Waals surface area contributed by atoms with Crippen LogP contribution in [0.3, 0.4) is 0 Å². The number of hydrogen-bond acceptors (Lipinski definition) is 4. The molecule has 0 fully saturated rings. The van der Waals surface area contributed by atoms with E-state index in [2.05, 4.69) is 51.1 Å². The van der Waals surface area contributed by atoms with E-state index in [1.807, 2.05) is 6.07 Å². The molecule has 3 nitrogen and oxygen atoms in total. The van der Waals surface area contributed by atoms with Crippen LogP contribution in [0.1, 0.15) is 24.1 Å². The lowest BCUT2D eigenvalue weighted by atomic mass is 10.1. The first-order chi connectivity index (χ1) is 9.65. The third-order valence-corrected chi connectivity index (χ3v) is 4.44. The molecule has 0 amide bonds. The van der Waals surface area contributed by atoms with Crippen LogP contribution in [0.25, 0.3) is 0 Å². The molecule has 0 radical (unpaired) electrons. The number of thiophene rings is 1. The average molecular weight is 356 g/mol. The first kappa shape index (κ1) is 15.4. The van der Waals surface area contributed by atoms with E-state index < -0.39 is 0 Å². The van der Waals surface area contributed by atoms with Gasteiger partial charge in [0, 0.05) is 12.6 Å². The SMILES string of the molecule is COc1cc(CNC(C)c2ccsc2)cc(Br)c1OC. The molecule has 0 bridgehead atoms. The van der Waals surface area contributed by atoms with Crippen molar-refractivity contribution in [1.29, 1.82) is 0 Å². The van der Waals surface area contributed by atoms with Gasteiger partial charge in [0.1, 0.15) is 0 Å². The Morgan fingerprint density at radius 2 is 2.10 bits per heavy atom. The third-order valence-electron chi connectivity index (χ3n) is 3.15. The first-order valence-corrected chi connectivity index (χ1v) is 8.05. The fourth-order valence-corrected chi connectivity index (χ4v) is 3.39. The first-order valence-electron chi connectivity index (χ1n) is 6.31. The summed E-state index contributed by atoms with van der Waals surface area (Å²) in [5.41, 5.74) is 2.46. The fraction of sp³-hybridized carbons (Fsp3) is 0.333. The van der Waals surface area contributed by atoms with Crippen LogP contribution in [-0.4, -0.2) is 14.2 Å². The minimum atomic E-state index is 0.327. The highest BCUT2D eigenvalue weighted by Crippen LogP contribution is 2.36. The number of rotatable bonds is 6. The van der Waals surface area contributed by atoms with Crippen LogP contribution in [0, 0.1) is 0 Å². The van der Waals surface area contributed by atoms with E-state index in [-0.39, 0.29) is 0 Å². The predicted molar refractivity (Wildman–Crippen MR) is 86.8 cm³/mol. The minimum absolute atomic E-state index is 0.327. The molecule has 20 heavy (non-hydrogen) atoms. The van der Waals surface area contributed by atoms with Crippen LogP contribution >= 0.6 is 27.3 Å². The Morgan fingerprint density at radius 1 is 1.30 bits per heavy atom. The lowest BCUT2D eigenvalue weighted by Crippen LogP contribution is -2.17. The number of halogens is 1. The van der Waals surface area contributed by atoms with Gasteiger partial charge in [0.05, 0.1) is 18.7 Å². The molecule has 108 valence electrons. The van der Waals surface area contributed by atoms with Crippen molar-refractivity contribution in [3.63, 3.8) is 0 Å². The maximum atomic E-state index is 5.36. The van der Waals surface area contributed by atoms with Gasteiger partial charge < -0.3 is 14.8 Å². The van der Waals surface area contributed by atoms with Crippen LogP contribution in [0.4, 0.5) is 0 Å². The Balaban J connectivity index is 2.08. The molecule has 5 heteroatoms. The molecule has 0 saturated carbocycles. The van der Waals surface area contributed by atoms with Crippen LogP contribution in [0.2, 0.25) is 0 Å². The van der Waals surface area contributed by atoms with E-state index in [4.69, 9.17) is 9.47 Å². The quantitative estimate of drug-likeness (QED) is 0.833. The largest absolute Gasteiger partial charge is 0.493 e. The summed E-state index contributed by atoms with van der Waals surface area (Å²) in [5, 5.41) is 7.77. The molecular formula is C15H18BrNO2S. The Morgan fingerprint density at radius 3 is 2.70 bits per heavy atom.